The number of ether oxygens (including phenoxy) is 3. The standard InChI is InChI=1S/C31H29NO4/c1-34-30(35-2)23-16-14-22(15-17-23)24-9-7-8-21(18-24)19-32-31(33)36-20-29-27-12-5-3-10-25(27)26-11-4-6-13-28(26)29/h3-18,29-30H,19-20H2,1-2H3,(H,32,33). The first-order valence-corrected chi connectivity index (χ1v) is 12.0. The van der Waals surface area contributed by atoms with E-state index in [4.69, 9.17) is 14.2 Å². The quantitative estimate of drug-likeness (QED) is 0.286. The van der Waals surface area contributed by atoms with Crippen LogP contribution in [-0.4, -0.2) is 26.9 Å². The van der Waals surface area contributed by atoms with E-state index >= 15 is 0 Å². The summed E-state index contributed by atoms with van der Waals surface area (Å²) in [5.74, 6) is 0.0465. The number of hydrogen-bond acceptors (Lipinski definition) is 4. The second-order valence-corrected chi connectivity index (χ2v) is 8.80. The summed E-state index contributed by atoms with van der Waals surface area (Å²) < 4.78 is 16.3. The molecular weight excluding hydrogens is 450 g/mol. The maximum absolute atomic E-state index is 12.6. The van der Waals surface area contributed by atoms with Crippen LogP contribution in [0.25, 0.3) is 22.3 Å². The van der Waals surface area contributed by atoms with Crippen molar-refractivity contribution in [2.24, 2.45) is 0 Å². The summed E-state index contributed by atoms with van der Waals surface area (Å²) in [6.07, 6.45) is -0.802. The molecule has 0 fully saturated rings. The molecule has 182 valence electrons. The molecule has 0 bridgehead atoms. The van der Waals surface area contributed by atoms with Gasteiger partial charge in [-0.15, -0.1) is 0 Å². The van der Waals surface area contributed by atoms with Gasteiger partial charge in [0.1, 0.15) is 6.61 Å². The number of carbonyl (C=O) groups is 1. The first-order valence-electron chi connectivity index (χ1n) is 12.0. The fourth-order valence-electron chi connectivity index (χ4n) is 4.89. The maximum Gasteiger partial charge on any atom is 0.407 e. The molecule has 1 aliphatic carbocycles. The Hall–Kier alpha value is -3.93. The van der Waals surface area contributed by atoms with Gasteiger partial charge in [-0.25, -0.2) is 4.79 Å². The van der Waals surface area contributed by atoms with E-state index in [-0.39, 0.29) is 12.2 Å². The van der Waals surface area contributed by atoms with E-state index < -0.39 is 6.09 Å². The fraction of sp³-hybridized carbons (Fsp3) is 0.194. The number of hydrogen-bond donors (Lipinski definition) is 1. The summed E-state index contributed by atoms with van der Waals surface area (Å²) in [7, 11) is 3.24. The van der Waals surface area contributed by atoms with Gasteiger partial charge in [0.15, 0.2) is 6.29 Å². The molecule has 0 spiro atoms. The number of alkyl carbamates (subject to hydrolysis) is 1. The number of fused-ring (bicyclic) bond motifs is 3. The lowest BCUT2D eigenvalue weighted by Gasteiger charge is -2.15. The average Bonchev–Trinajstić information content (AvgIpc) is 3.25. The Bertz CT molecular complexity index is 1300. The zero-order valence-corrected chi connectivity index (χ0v) is 20.4. The molecule has 0 aromatic heterocycles. The molecule has 0 atom stereocenters. The van der Waals surface area contributed by atoms with Gasteiger partial charge in [-0.3, -0.25) is 0 Å². The van der Waals surface area contributed by atoms with Crippen LogP contribution in [0.4, 0.5) is 4.79 Å². The molecule has 0 radical (unpaired) electrons. The third kappa shape index (κ3) is 4.89. The highest BCUT2D eigenvalue weighted by Gasteiger charge is 2.28. The summed E-state index contributed by atoms with van der Waals surface area (Å²) in [5, 5.41) is 2.89. The van der Waals surface area contributed by atoms with Crippen LogP contribution >= 0.6 is 0 Å². The van der Waals surface area contributed by atoms with Gasteiger partial charge in [-0.05, 0) is 45.0 Å². The van der Waals surface area contributed by atoms with E-state index in [0.29, 0.717) is 13.2 Å². The molecule has 36 heavy (non-hydrogen) atoms. The third-order valence-corrected chi connectivity index (χ3v) is 6.65. The number of methoxy groups -OCH3 is 2. The van der Waals surface area contributed by atoms with E-state index in [9.17, 15) is 4.79 Å². The molecule has 1 amide bonds. The molecular formula is C31H29NO4. The zero-order valence-electron chi connectivity index (χ0n) is 20.4. The highest BCUT2D eigenvalue weighted by Crippen LogP contribution is 2.44. The van der Waals surface area contributed by atoms with Gasteiger partial charge in [0.25, 0.3) is 0 Å². The van der Waals surface area contributed by atoms with Crippen molar-refractivity contribution in [3.63, 3.8) is 0 Å². The van der Waals surface area contributed by atoms with Crippen LogP contribution in [0.15, 0.2) is 97.1 Å². The van der Waals surface area contributed by atoms with Crippen molar-refractivity contribution in [2.75, 3.05) is 20.8 Å². The van der Waals surface area contributed by atoms with Crippen molar-refractivity contribution in [2.45, 2.75) is 18.8 Å². The van der Waals surface area contributed by atoms with Gasteiger partial charge in [0, 0.05) is 32.2 Å². The minimum absolute atomic E-state index is 0.0465. The Kier molecular flexibility index (Phi) is 7.12. The zero-order chi connectivity index (χ0) is 24.9. The molecule has 5 heteroatoms. The van der Waals surface area contributed by atoms with Gasteiger partial charge in [0.05, 0.1) is 0 Å². The minimum Gasteiger partial charge on any atom is -0.449 e. The molecule has 1 N–H and O–H groups in total. The van der Waals surface area contributed by atoms with Crippen molar-refractivity contribution in [3.05, 3.63) is 119 Å². The van der Waals surface area contributed by atoms with Crippen LogP contribution in [0.2, 0.25) is 0 Å². The van der Waals surface area contributed by atoms with Crippen molar-refractivity contribution in [1.82, 2.24) is 5.32 Å². The Morgan fingerprint density at radius 1 is 0.778 bits per heavy atom. The molecule has 4 aromatic rings. The Balaban J connectivity index is 1.20. The van der Waals surface area contributed by atoms with Crippen LogP contribution < -0.4 is 5.32 Å². The predicted molar refractivity (Wildman–Crippen MR) is 141 cm³/mol. The molecule has 5 nitrogen and oxygen atoms in total. The van der Waals surface area contributed by atoms with Crippen LogP contribution in [-0.2, 0) is 20.8 Å². The second kappa shape index (κ2) is 10.8. The summed E-state index contributed by atoms with van der Waals surface area (Å²) in [5.41, 5.74) is 8.93. The Morgan fingerprint density at radius 3 is 2.06 bits per heavy atom. The first-order chi connectivity index (χ1) is 17.7. The van der Waals surface area contributed by atoms with Gasteiger partial charge in [-0.2, -0.15) is 0 Å². The molecule has 5 rings (SSSR count). The average molecular weight is 480 g/mol. The number of benzene rings is 4. The monoisotopic (exact) mass is 479 g/mol. The molecule has 0 unspecified atom stereocenters. The maximum atomic E-state index is 12.6. The third-order valence-electron chi connectivity index (χ3n) is 6.65. The SMILES string of the molecule is COC(OC)c1ccc(-c2cccc(CNC(=O)OCC3c4ccccc4-c4ccccc43)c2)cc1. The summed E-state index contributed by atoms with van der Waals surface area (Å²) in [6.45, 7) is 0.689. The van der Waals surface area contributed by atoms with Crippen LogP contribution in [0.5, 0.6) is 0 Å². The predicted octanol–water partition coefficient (Wildman–Crippen LogP) is 6.68. The van der Waals surface area contributed by atoms with Crippen LogP contribution in [0.1, 0.15) is 34.5 Å². The van der Waals surface area contributed by atoms with Crippen molar-refractivity contribution < 1.29 is 19.0 Å². The minimum atomic E-state index is -0.420. The summed E-state index contributed by atoms with van der Waals surface area (Å²) in [6, 6.07) is 32.8. The highest BCUT2D eigenvalue weighted by atomic mass is 16.7. The molecule has 4 aromatic carbocycles. The van der Waals surface area contributed by atoms with Crippen molar-refractivity contribution >= 4 is 6.09 Å². The van der Waals surface area contributed by atoms with E-state index in [1.54, 1.807) is 14.2 Å². The molecule has 0 saturated heterocycles. The number of carbonyl (C=O) groups excluding carboxylic acids is 1. The summed E-state index contributed by atoms with van der Waals surface area (Å²) >= 11 is 0. The Labute approximate surface area is 211 Å². The van der Waals surface area contributed by atoms with Crippen molar-refractivity contribution in [3.8, 4) is 22.3 Å². The fourth-order valence-corrected chi connectivity index (χ4v) is 4.89. The molecule has 0 saturated carbocycles. The van der Waals surface area contributed by atoms with Crippen LogP contribution in [0, 0.1) is 0 Å². The van der Waals surface area contributed by atoms with Gasteiger partial charge < -0.3 is 19.5 Å². The van der Waals surface area contributed by atoms with Gasteiger partial charge in [-0.1, -0.05) is 91.0 Å². The number of amides is 1. The number of nitrogens with one attached hydrogen (secondary N) is 1. The molecule has 0 aliphatic heterocycles. The lowest BCUT2D eigenvalue weighted by Crippen LogP contribution is -2.25. The van der Waals surface area contributed by atoms with Crippen molar-refractivity contribution in [1.29, 1.82) is 0 Å². The van der Waals surface area contributed by atoms with E-state index in [1.807, 2.05) is 60.7 Å². The van der Waals surface area contributed by atoms with Gasteiger partial charge in [0.2, 0.25) is 0 Å². The normalized spacial score (nSPS) is 12.3. The Morgan fingerprint density at radius 2 is 1.42 bits per heavy atom. The smallest absolute Gasteiger partial charge is 0.407 e. The number of rotatable bonds is 8. The highest BCUT2D eigenvalue weighted by molar-refractivity contribution is 5.79. The van der Waals surface area contributed by atoms with E-state index in [0.717, 1.165) is 22.3 Å². The lowest BCUT2D eigenvalue weighted by atomic mass is 9.98. The van der Waals surface area contributed by atoms with E-state index in [2.05, 4.69) is 41.7 Å². The topological polar surface area (TPSA) is 56.8 Å². The van der Waals surface area contributed by atoms with E-state index in [1.165, 1.54) is 22.3 Å². The second-order valence-electron chi connectivity index (χ2n) is 8.80. The van der Waals surface area contributed by atoms with Crippen LogP contribution in [0.3, 0.4) is 0 Å². The lowest BCUT2D eigenvalue weighted by molar-refractivity contribution is -0.106. The largest absolute Gasteiger partial charge is 0.449 e. The summed E-state index contributed by atoms with van der Waals surface area (Å²) in [4.78, 5) is 12.6. The first kappa shape index (κ1) is 23.8. The van der Waals surface area contributed by atoms with Gasteiger partial charge >= 0.3 is 6.09 Å². The molecule has 1 aliphatic rings. The molecule has 0 heterocycles.